The van der Waals surface area contributed by atoms with Crippen molar-refractivity contribution in [1.29, 1.82) is 0 Å². The third kappa shape index (κ3) is 8.20. The Morgan fingerprint density at radius 1 is 1.14 bits per heavy atom. The topological polar surface area (TPSA) is 50.1 Å². The van der Waals surface area contributed by atoms with Gasteiger partial charge in [-0.25, -0.2) is 0 Å². The summed E-state index contributed by atoms with van der Waals surface area (Å²) >= 11 is 0. The first kappa shape index (κ1) is 18.1. The summed E-state index contributed by atoms with van der Waals surface area (Å²) in [6.45, 7) is 8.28. The molecule has 0 aliphatic heterocycles. The first-order chi connectivity index (χ1) is 10.3. The molecule has 1 rings (SSSR count). The van der Waals surface area contributed by atoms with Crippen molar-refractivity contribution in [3.05, 3.63) is 35.5 Å². The van der Waals surface area contributed by atoms with Crippen LogP contribution >= 0.6 is 0 Å². The second kappa shape index (κ2) is 11.7. The summed E-state index contributed by atoms with van der Waals surface area (Å²) in [6.07, 6.45) is 14.8. The first-order valence-electron chi connectivity index (χ1n) is 8.50. The molecule has 0 saturated carbocycles. The van der Waals surface area contributed by atoms with E-state index in [-0.39, 0.29) is 0 Å². The molecule has 120 valence electrons. The molecule has 3 heteroatoms. The number of hydrogen-bond donors (Lipinski definition) is 3. The van der Waals surface area contributed by atoms with E-state index in [2.05, 4.69) is 48.8 Å². The zero-order valence-corrected chi connectivity index (χ0v) is 13.8. The van der Waals surface area contributed by atoms with Crippen LogP contribution in [0.2, 0.25) is 0 Å². The fraction of sp³-hybridized carbons (Fsp3) is 0.667. The maximum atomic E-state index is 5.67. The third-order valence-electron chi connectivity index (χ3n) is 3.93. The smallest absolute Gasteiger partial charge is 0.0202 e. The van der Waals surface area contributed by atoms with Crippen molar-refractivity contribution >= 4 is 0 Å². The normalized spacial score (nSPS) is 16.3. The number of allylic oxidation sites excluding steroid dienone is 2. The van der Waals surface area contributed by atoms with Crippen LogP contribution in [-0.2, 0) is 0 Å². The van der Waals surface area contributed by atoms with Crippen molar-refractivity contribution in [2.75, 3.05) is 26.2 Å². The number of rotatable bonds is 11. The van der Waals surface area contributed by atoms with E-state index < -0.39 is 0 Å². The van der Waals surface area contributed by atoms with Crippen molar-refractivity contribution in [2.45, 2.75) is 52.0 Å². The van der Waals surface area contributed by atoms with Crippen molar-refractivity contribution in [3.63, 3.8) is 0 Å². The molecule has 0 spiro atoms. The summed E-state index contributed by atoms with van der Waals surface area (Å²) in [5.41, 5.74) is 8.26. The summed E-state index contributed by atoms with van der Waals surface area (Å²) in [5.74, 6) is 0. The van der Waals surface area contributed by atoms with Gasteiger partial charge < -0.3 is 16.4 Å². The highest BCUT2D eigenvalue weighted by molar-refractivity contribution is 5.33. The Morgan fingerprint density at radius 2 is 1.90 bits per heavy atom. The van der Waals surface area contributed by atoms with Crippen LogP contribution < -0.4 is 16.4 Å². The third-order valence-corrected chi connectivity index (χ3v) is 3.93. The molecule has 0 aromatic carbocycles. The average Bonchev–Trinajstić information content (AvgIpc) is 2.74. The van der Waals surface area contributed by atoms with Crippen LogP contribution in [0.4, 0.5) is 0 Å². The Kier molecular flexibility index (Phi) is 10.1. The molecule has 0 aromatic rings. The van der Waals surface area contributed by atoms with Gasteiger partial charge in [0.05, 0.1) is 0 Å². The SMILES string of the molecule is CCCC(CC)NCCCNCC1=CCC=C(CN)C=C1. The van der Waals surface area contributed by atoms with Crippen LogP contribution in [0.1, 0.15) is 46.0 Å². The van der Waals surface area contributed by atoms with E-state index in [1.54, 1.807) is 0 Å². The zero-order valence-electron chi connectivity index (χ0n) is 13.8. The second-order valence-electron chi connectivity index (χ2n) is 5.71. The Bertz CT molecular complexity index is 355. The Hall–Kier alpha value is -0.900. The monoisotopic (exact) mass is 291 g/mol. The van der Waals surface area contributed by atoms with Gasteiger partial charge in [-0.3, -0.25) is 0 Å². The number of nitrogens with two attached hydrogens (primary N) is 1. The van der Waals surface area contributed by atoms with E-state index in [0.717, 1.165) is 26.1 Å². The molecule has 4 N–H and O–H groups in total. The van der Waals surface area contributed by atoms with Gasteiger partial charge in [0.2, 0.25) is 0 Å². The van der Waals surface area contributed by atoms with Crippen molar-refractivity contribution in [2.24, 2.45) is 5.73 Å². The largest absolute Gasteiger partial charge is 0.327 e. The lowest BCUT2D eigenvalue weighted by molar-refractivity contribution is 0.455. The molecular formula is C18H33N3. The van der Waals surface area contributed by atoms with E-state index in [9.17, 15) is 0 Å². The molecule has 0 heterocycles. The highest BCUT2D eigenvalue weighted by Crippen LogP contribution is 2.09. The van der Waals surface area contributed by atoms with Crippen LogP contribution in [0.3, 0.4) is 0 Å². The Labute approximate surface area is 130 Å². The predicted molar refractivity (Wildman–Crippen MR) is 93.5 cm³/mol. The minimum absolute atomic E-state index is 0.632. The minimum Gasteiger partial charge on any atom is -0.327 e. The molecule has 21 heavy (non-hydrogen) atoms. The van der Waals surface area contributed by atoms with E-state index in [0.29, 0.717) is 12.6 Å². The lowest BCUT2D eigenvalue weighted by Crippen LogP contribution is -2.31. The number of nitrogens with one attached hydrogen (secondary N) is 2. The van der Waals surface area contributed by atoms with Gasteiger partial charge in [0.15, 0.2) is 0 Å². The van der Waals surface area contributed by atoms with E-state index in [1.807, 2.05) is 0 Å². The van der Waals surface area contributed by atoms with Crippen LogP contribution in [0, 0.1) is 0 Å². The molecule has 0 amide bonds. The summed E-state index contributed by atoms with van der Waals surface area (Å²) in [4.78, 5) is 0. The standard InChI is InChI=1S/C18H33N3/c1-3-7-18(4-2)21-13-6-12-20-15-17-9-5-8-16(14-19)10-11-17/h8-11,18,20-21H,3-7,12-15,19H2,1-2H3. The lowest BCUT2D eigenvalue weighted by Gasteiger charge is -2.16. The fourth-order valence-corrected chi connectivity index (χ4v) is 2.55. The van der Waals surface area contributed by atoms with E-state index in [1.165, 1.54) is 36.8 Å². The van der Waals surface area contributed by atoms with Crippen LogP contribution in [0.5, 0.6) is 0 Å². The minimum atomic E-state index is 0.632. The van der Waals surface area contributed by atoms with Gasteiger partial charge in [-0.2, -0.15) is 0 Å². The quantitative estimate of drug-likeness (QED) is 0.513. The predicted octanol–water partition coefficient (Wildman–Crippen LogP) is 2.91. The van der Waals surface area contributed by atoms with E-state index >= 15 is 0 Å². The molecule has 1 unspecified atom stereocenters. The van der Waals surface area contributed by atoms with Gasteiger partial charge >= 0.3 is 0 Å². The lowest BCUT2D eigenvalue weighted by atomic mass is 10.1. The van der Waals surface area contributed by atoms with Gasteiger partial charge in [-0.1, -0.05) is 44.6 Å². The molecule has 0 radical (unpaired) electrons. The van der Waals surface area contributed by atoms with Gasteiger partial charge in [-0.15, -0.1) is 0 Å². The highest BCUT2D eigenvalue weighted by atomic mass is 14.9. The molecule has 0 aromatic heterocycles. The average molecular weight is 291 g/mol. The molecule has 1 atom stereocenters. The summed E-state index contributed by atoms with van der Waals surface area (Å²) in [5, 5.41) is 7.17. The van der Waals surface area contributed by atoms with Crippen LogP contribution in [0.25, 0.3) is 0 Å². The van der Waals surface area contributed by atoms with Gasteiger partial charge in [-0.05, 0) is 49.9 Å². The molecule has 0 saturated heterocycles. The summed E-state index contributed by atoms with van der Waals surface area (Å²) in [6, 6.07) is 0.697. The molecular weight excluding hydrogens is 258 g/mol. The van der Waals surface area contributed by atoms with E-state index in [4.69, 9.17) is 5.73 Å². The van der Waals surface area contributed by atoms with Crippen molar-refractivity contribution < 1.29 is 0 Å². The van der Waals surface area contributed by atoms with Crippen LogP contribution in [-0.4, -0.2) is 32.2 Å². The summed E-state index contributed by atoms with van der Waals surface area (Å²) in [7, 11) is 0. The zero-order chi connectivity index (χ0) is 15.3. The van der Waals surface area contributed by atoms with Gasteiger partial charge in [0.1, 0.15) is 0 Å². The molecule has 3 nitrogen and oxygen atoms in total. The Balaban J connectivity index is 2.08. The molecule has 0 fully saturated rings. The van der Waals surface area contributed by atoms with Gasteiger partial charge in [0, 0.05) is 19.1 Å². The summed E-state index contributed by atoms with van der Waals surface area (Å²) < 4.78 is 0. The first-order valence-corrected chi connectivity index (χ1v) is 8.50. The maximum Gasteiger partial charge on any atom is 0.0202 e. The number of hydrogen-bond acceptors (Lipinski definition) is 3. The Morgan fingerprint density at radius 3 is 2.62 bits per heavy atom. The van der Waals surface area contributed by atoms with Gasteiger partial charge in [0.25, 0.3) is 0 Å². The maximum absolute atomic E-state index is 5.67. The second-order valence-corrected chi connectivity index (χ2v) is 5.71. The molecule has 1 aliphatic carbocycles. The van der Waals surface area contributed by atoms with Crippen molar-refractivity contribution in [1.82, 2.24) is 10.6 Å². The van der Waals surface area contributed by atoms with Crippen LogP contribution in [0.15, 0.2) is 35.5 Å². The van der Waals surface area contributed by atoms with Crippen molar-refractivity contribution in [3.8, 4) is 0 Å². The highest BCUT2D eigenvalue weighted by Gasteiger charge is 2.02. The molecule has 1 aliphatic rings. The fourth-order valence-electron chi connectivity index (χ4n) is 2.55. The molecule has 0 bridgehead atoms.